The van der Waals surface area contributed by atoms with E-state index in [4.69, 9.17) is 10.00 Å². The molecular formula is C12H13N3O. The van der Waals surface area contributed by atoms with E-state index >= 15 is 0 Å². The van der Waals surface area contributed by atoms with Crippen molar-refractivity contribution < 1.29 is 4.74 Å². The van der Waals surface area contributed by atoms with Crippen molar-refractivity contribution >= 4 is 11.8 Å². The lowest BCUT2D eigenvalue weighted by atomic mass is 10.2. The van der Waals surface area contributed by atoms with E-state index in [-0.39, 0.29) is 0 Å². The number of hydrogen-bond donors (Lipinski definition) is 0. The SMILES string of the molecule is N#CC=Cc1cncc(N2CCOCC2)c1. The fourth-order valence-electron chi connectivity index (χ4n) is 1.66. The van der Waals surface area contributed by atoms with Crippen LogP contribution in [0.5, 0.6) is 0 Å². The Morgan fingerprint density at radius 2 is 2.19 bits per heavy atom. The molecule has 0 N–H and O–H groups in total. The van der Waals surface area contributed by atoms with E-state index in [1.165, 1.54) is 6.08 Å². The van der Waals surface area contributed by atoms with Gasteiger partial charge in [-0.2, -0.15) is 5.26 Å². The first-order valence-electron chi connectivity index (χ1n) is 5.24. The molecule has 0 saturated carbocycles. The molecule has 1 aromatic heterocycles. The van der Waals surface area contributed by atoms with Crippen LogP contribution in [-0.4, -0.2) is 31.3 Å². The van der Waals surface area contributed by atoms with Crippen LogP contribution in [0.15, 0.2) is 24.5 Å². The molecule has 2 rings (SSSR count). The van der Waals surface area contributed by atoms with Gasteiger partial charge in [-0.1, -0.05) is 0 Å². The quantitative estimate of drug-likeness (QED) is 0.701. The zero-order valence-electron chi connectivity index (χ0n) is 8.97. The first kappa shape index (κ1) is 10.7. The van der Waals surface area contributed by atoms with E-state index < -0.39 is 0 Å². The van der Waals surface area contributed by atoms with E-state index in [1.807, 2.05) is 18.3 Å². The Balaban J connectivity index is 2.15. The minimum absolute atomic E-state index is 0.762. The van der Waals surface area contributed by atoms with Gasteiger partial charge in [-0.15, -0.1) is 0 Å². The predicted molar refractivity (Wildman–Crippen MR) is 61.9 cm³/mol. The molecule has 0 radical (unpaired) electrons. The molecule has 0 spiro atoms. The molecule has 1 fully saturated rings. The molecular weight excluding hydrogens is 202 g/mol. The van der Waals surface area contributed by atoms with Crippen LogP contribution in [0.4, 0.5) is 5.69 Å². The summed E-state index contributed by atoms with van der Waals surface area (Å²) in [4.78, 5) is 6.41. The number of hydrogen-bond acceptors (Lipinski definition) is 4. The summed E-state index contributed by atoms with van der Waals surface area (Å²) in [6.45, 7) is 3.32. The second-order valence-corrected chi connectivity index (χ2v) is 3.54. The van der Waals surface area contributed by atoms with Gasteiger partial charge in [-0.25, -0.2) is 0 Å². The first-order chi connectivity index (χ1) is 7.90. The number of nitrogens with zero attached hydrogens (tertiary/aromatic N) is 3. The van der Waals surface area contributed by atoms with Crippen molar-refractivity contribution in [3.63, 3.8) is 0 Å². The molecule has 4 nitrogen and oxygen atoms in total. The number of allylic oxidation sites excluding steroid dienone is 1. The minimum atomic E-state index is 0.762. The zero-order chi connectivity index (χ0) is 11.2. The van der Waals surface area contributed by atoms with Gasteiger partial charge in [0, 0.05) is 25.4 Å². The molecule has 1 aliphatic rings. The molecule has 0 aliphatic carbocycles. The van der Waals surface area contributed by atoms with Crippen LogP contribution < -0.4 is 4.90 Å². The summed E-state index contributed by atoms with van der Waals surface area (Å²) >= 11 is 0. The van der Waals surface area contributed by atoms with Gasteiger partial charge in [-0.3, -0.25) is 4.98 Å². The number of anilines is 1. The Bertz CT molecular complexity index is 417. The third-order valence-electron chi connectivity index (χ3n) is 2.47. The lowest BCUT2D eigenvalue weighted by Gasteiger charge is -2.28. The molecule has 0 bridgehead atoms. The largest absolute Gasteiger partial charge is 0.378 e. The molecule has 16 heavy (non-hydrogen) atoms. The van der Waals surface area contributed by atoms with E-state index in [0.29, 0.717) is 0 Å². The summed E-state index contributed by atoms with van der Waals surface area (Å²) in [5.41, 5.74) is 2.04. The second kappa shape index (κ2) is 5.29. The van der Waals surface area contributed by atoms with Crippen LogP contribution in [0.3, 0.4) is 0 Å². The topological polar surface area (TPSA) is 49.2 Å². The third-order valence-corrected chi connectivity index (χ3v) is 2.47. The monoisotopic (exact) mass is 215 g/mol. The minimum Gasteiger partial charge on any atom is -0.378 e. The number of ether oxygens (including phenoxy) is 1. The van der Waals surface area contributed by atoms with E-state index in [9.17, 15) is 0 Å². The van der Waals surface area contributed by atoms with Gasteiger partial charge in [0.05, 0.1) is 31.2 Å². The third kappa shape index (κ3) is 2.59. The molecule has 2 heterocycles. The van der Waals surface area contributed by atoms with Crippen molar-refractivity contribution in [2.45, 2.75) is 0 Å². The van der Waals surface area contributed by atoms with E-state index in [1.54, 1.807) is 12.3 Å². The number of pyridine rings is 1. The normalized spacial score (nSPS) is 16.3. The zero-order valence-corrected chi connectivity index (χ0v) is 8.97. The highest BCUT2D eigenvalue weighted by atomic mass is 16.5. The van der Waals surface area contributed by atoms with Gasteiger partial charge in [0.1, 0.15) is 0 Å². The Morgan fingerprint density at radius 1 is 1.38 bits per heavy atom. The second-order valence-electron chi connectivity index (χ2n) is 3.54. The van der Waals surface area contributed by atoms with Crippen molar-refractivity contribution in [3.8, 4) is 6.07 Å². The van der Waals surface area contributed by atoms with Crippen LogP contribution in [0.2, 0.25) is 0 Å². The highest BCUT2D eigenvalue weighted by molar-refractivity contribution is 5.57. The summed E-state index contributed by atoms with van der Waals surface area (Å²) in [6.07, 6.45) is 6.81. The molecule has 4 heteroatoms. The van der Waals surface area contributed by atoms with Crippen molar-refractivity contribution in [2.75, 3.05) is 31.2 Å². The van der Waals surface area contributed by atoms with Crippen molar-refractivity contribution in [1.82, 2.24) is 4.98 Å². The van der Waals surface area contributed by atoms with Crippen LogP contribution in [-0.2, 0) is 4.74 Å². The maximum Gasteiger partial charge on any atom is 0.0912 e. The highest BCUT2D eigenvalue weighted by Gasteiger charge is 2.11. The van der Waals surface area contributed by atoms with Gasteiger partial charge in [-0.05, 0) is 17.7 Å². The van der Waals surface area contributed by atoms with E-state index in [0.717, 1.165) is 37.6 Å². The summed E-state index contributed by atoms with van der Waals surface area (Å²) < 4.78 is 5.30. The number of morpholine rings is 1. The van der Waals surface area contributed by atoms with Crippen molar-refractivity contribution in [3.05, 3.63) is 30.1 Å². The Morgan fingerprint density at radius 3 is 2.94 bits per heavy atom. The number of aromatic nitrogens is 1. The molecule has 1 aliphatic heterocycles. The van der Waals surface area contributed by atoms with Crippen LogP contribution >= 0.6 is 0 Å². The van der Waals surface area contributed by atoms with Gasteiger partial charge >= 0.3 is 0 Å². The fourth-order valence-corrected chi connectivity index (χ4v) is 1.66. The average Bonchev–Trinajstić information content (AvgIpc) is 2.38. The lowest BCUT2D eigenvalue weighted by Crippen LogP contribution is -2.36. The number of nitriles is 1. The summed E-state index contributed by atoms with van der Waals surface area (Å²) in [5, 5.41) is 8.46. The molecule has 0 unspecified atom stereocenters. The Labute approximate surface area is 94.8 Å². The summed E-state index contributed by atoms with van der Waals surface area (Å²) in [7, 11) is 0. The first-order valence-corrected chi connectivity index (χ1v) is 5.24. The Kier molecular flexibility index (Phi) is 3.52. The van der Waals surface area contributed by atoms with Crippen LogP contribution in [0.25, 0.3) is 6.08 Å². The summed E-state index contributed by atoms with van der Waals surface area (Å²) in [5.74, 6) is 0. The van der Waals surface area contributed by atoms with Crippen molar-refractivity contribution in [1.29, 1.82) is 5.26 Å². The highest BCUT2D eigenvalue weighted by Crippen LogP contribution is 2.16. The lowest BCUT2D eigenvalue weighted by molar-refractivity contribution is 0.122. The fraction of sp³-hybridized carbons (Fsp3) is 0.333. The maximum absolute atomic E-state index is 8.46. The van der Waals surface area contributed by atoms with Crippen LogP contribution in [0, 0.1) is 11.3 Å². The summed E-state index contributed by atoms with van der Waals surface area (Å²) in [6, 6.07) is 4.01. The molecule has 1 aromatic rings. The van der Waals surface area contributed by atoms with Crippen LogP contribution in [0.1, 0.15) is 5.56 Å². The number of rotatable bonds is 2. The van der Waals surface area contributed by atoms with Gasteiger partial charge in [0.2, 0.25) is 0 Å². The molecule has 0 amide bonds. The molecule has 0 aromatic carbocycles. The van der Waals surface area contributed by atoms with Crippen molar-refractivity contribution in [2.24, 2.45) is 0 Å². The van der Waals surface area contributed by atoms with E-state index in [2.05, 4.69) is 9.88 Å². The maximum atomic E-state index is 8.46. The van der Waals surface area contributed by atoms with Gasteiger partial charge in [0.15, 0.2) is 0 Å². The molecule has 82 valence electrons. The smallest absolute Gasteiger partial charge is 0.0912 e. The average molecular weight is 215 g/mol. The molecule has 1 saturated heterocycles. The van der Waals surface area contributed by atoms with Gasteiger partial charge < -0.3 is 9.64 Å². The molecule has 0 atom stereocenters. The predicted octanol–water partition coefficient (Wildman–Crippen LogP) is 1.45. The Hall–Kier alpha value is -1.86. The standard InChI is InChI=1S/C12H13N3O/c13-3-1-2-11-8-12(10-14-9-11)15-4-6-16-7-5-15/h1-2,8-10H,4-7H2. The van der Waals surface area contributed by atoms with Gasteiger partial charge in [0.25, 0.3) is 0 Å².